The molecule has 4 N–H and O–H groups in total. The lowest BCUT2D eigenvalue weighted by Crippen LogP contribution is -2.49. The van der Waals surface area contributed by atoms with Crippen molar-refractivity contribution in [2.24, 2.45) is 11.7 Å². The Labute approximate surface area is 130 Å². The lowest BCUT2D eigenvalue weighted by Gasteiger charge is -2.33. The first-order valence-corrected chi connectivity index (χ1v) is 8.93. The van der Waals surface area contributed by atoms with E-state index in [1.165, 1.54) is 0 Å². The summed E-state index contributed by atoms with van der Waals surface area (Å²) in [5.41, 5.74) is 6.17. The van der Waals surface area contributed by atoms with Crippen molar-refractivity contribution in [3.8, 4) is 0 Å². The first-order chi connectivity index (χ1) is 10.1. The maximum Gasteiger partial charge on any atom is 0.314 e. The second-order valence-corrected chi connectivity index (χ2v) is 6.86. The molecule has 1 aliphatic heterocycles. The van der Waals surface area contributed by atoms with Gasteiger partial charge in [0.2, 0.25) is 5.91 Å². The first kappa shape index (κ1) is 16.4. The van der Waals surface area contributed by atoms with Gasteiger partial charge in [-0.15, -0.1) is 11.8 Å². The fraction of sp³-hybridized carbons (Fsp3) is 0.857. The summed E-state index contributed by atoms with van der Waals surface area (Å²) < 4.78 is 0. The van der Waals surface area contributed by atoms with Crippen LogP contribution in [-0.4, -0.2) is 53.6 Å². The Hall–Kier alpha value is -0.950. The molecule has 1 heterocycles. The van der Waals surface area contributed by atoms with Crippen molar-refractivity contribution in [2.75, 3.05) is 24.7 Å². The highest BCUT2D eigenvalue weighted by Crippen LogP contribution is 2.28. The van der Waals surface area contributed by atoms with E-state index in [-0.39, 0.29) is 29.9 Å². The molecule has 1 atom stereocenters. The molecule has 21 heavy (non-hydrogen) atoms. The average molecular weight is 314 g/mol. The van der Waals surface area contributed by atoms with Crippen molar-refractivity contribution < 1.29 is 9.59 Å². The van der Waals surface area contributed by atoms with Crippen molar-refractivity contribution in [3.63, 3.8) is 0 Å². The number of nitrogens with zero attached hydrogens (tertiary/aromatic N) is 1. The molecule has 120 valence electrons. The van der Waals surface area contributed by atoms with Gasteiger partial charge < -0.3 is 21.3 Å². The van der Waals surface area contributed by atoms with Gasteiger partial charge in [-0.05, 0) is 38.5 Å². The van der Waals surface area contributed by atoms with Crippen LogP contribution in [0, 0.1) is 5.92 Å². The average Bonchev–Trinajstić information content (AvgIpc) is 3.01. The van der Waals surface area contributed by atoms with Crippen molar-refractivity contribution in [1.82, 2.24) is 15.5 Å². The van der Waals surface area contributed by atoms with Gasteiger partial charge in [-0.25, -0.2) is 4.79 Å². The molecule has 0 spiro atoms. The molecule has 1 unspecified atom stereocenters. The highest BCUT2D eigenvalue weighted by molar-refractivity contribution is 7.99. The molecular weight excluding hydrogens is 288 g/mol. The zero-order valence-electron chi connectivity index (χ0n) is 12.6. The van der Waals surface area contributed by atoms with Crippen LogP contribution in [0.25, 0.3) is 0 Å². The Balaban J connectivity index is 1.75. The number of nitrogens with one attached hydrogen (secondary N) is 2. The van der Waals surface area contributed by atoms with E-state index in [4.69, 9.17) is 5.73 Å². The van der Waals surface area contributed by atoms with E-state index in [1.54, 1.807) is 11.8 Å². The van der Waals surface area contributed by atoms with Gasteiger partial charge in [0.25, 0.3) is 0 Å². The predicted molar refractivity (Wildman–Crippen MR) is 85.0 cm³/mol. The Kier molecular flexibility index (Phi) is 6.17. The summed E-state index contributed by atoms with van der Waals surface area (Å²) in [7, 11) is 0. The number of carbonyl (C=O) groups is 2. The minimum Gasteiger partial charge on any atom is -0.338 e. The van der Waals surface area contributed by atoms with Crippen LogP contribution in [0.2, 0.25) is 0 Å². The molecule has 0 aromatic carbocycles. The molecule has 0 bridgehead atoms. The Bertz CT molecular complexity index is 366. The van der Waals surface area contributed by atoms with Crippen LogP contribution in [0.4, 0.5) is 4.79 Å². The fourth-order valence-corrected chi connectivity index (χ4v) is 3.98. The summed E-state index contributed by atoms with van der Waals surface area (Å²) in [5, 5.41) is 5.72. The molecule has 1 saturated carbocycles. The number of urea groups is 1. The van der Waals surface area contributed by atoms with E-state index < -0.39 is 0 Å². The number of amides is 3. The van der Waals surface area contributed by atoms with E-state index >= 15 is 0 Å². The normalized spacial score (nSPS) is 27.2. The van der Waals surface area contributed by atoms with Crippen molar-refractivity contribution >= 4 is 23.7 Å². The quantitative estimate of drug-likeness (QED) is 0.714. The zero-order chi connectivity index (χ0) is 15.2. The summed E-state index contributed by atoms with van der Waals surface area (Å²) in [6, 6.07) is -0.276. The Morgan fingerprint density at radius 1 is 1.33 bits per heavy atom. The van der Waals surface area contributed by atoms with Crippen molar-refractivity contribution in [1.29, 1.82) is 0 Å². The molecule has 0 aromatic rings. The summed E-state index contributed by atoms with van der Waals surface area (Å²) in [6.07, 6.45) is 3.62. The Morgan fingerprint density at radius 2 is 2.05 bits per heavy atom. The zero-order valence-corrected chi connectivity index (χ0v) is 13.5. The van der Waals surface area contributed by atoms with Gasteiger partial charge in [-0.3, -0.25) is 4.79 Å². The van der Waals surface area contributed by atoms with Crippen LogP contribution >= 0.6 is 11.8 Å². The highest BCUT2D eigenvalue weighted by Gasteiger charge is 2.33. The smallest absolute Gasteiger partial charge is 0.314 e. The first-order valence-electron chi connectivity index (χ1n) is 7.78. The topological polar surface area (TPSA) is 87.5 Å². The van der Waals surface area contributed by atoms with Gasteiger partial charge in [0.1, 0.15) is 0 Å². The van der Waals surface area contributed by atoms with Crippen LogP contribution in [0.3, 0.4) is 0 Å². The maximum absolute atomic E-state index is 12.3. The SMILES string of the molecule is CCNC(=O)NC1CCC(C(N)C(=O)N2CCSC2)CC1. The molecule has 2 aliphatic rings. The number of carbonyl (C=O) groups excluding carboxylic acids is 2. The van der Waals surface area contributed by atoms with E-state index in [9.17, 15) is 9.59 Å². The van der Waals surface area contributed by atoms with E-state index in [0.717, 1.165) is 43.9 Å². The van der Waals surface area contributed by atoms with Crippen LogP contribution in [0.5, 0.6) is 0 Å². The molecule has 2 fully saturated rings. The van der Waals surface area contributed by atoms with Crippen molar-refractivity contribution in [3.05, 3.63) is 0 Å². The van der Waals surface area contributed by atoms with Gasteiger partial charge in [-0.2, -0.15) is 0 Å². The number of nitrogens with two attached hydrogens (primary N) is 1. The van der Waals surface area contributed by atoms with E-state index in [1.807, 2.05) is 11.8 Å². The van der Waals surface area contributed by atoms with Gasteiger partial charge in [0, 0.05) is 24.9 Å². The molecule has 1 saturated heterocycles. The summed E-state index contributed by atoms with van der Waals surface area (Å²) in [4.78, 5) is 25.7. The lowest BCUT2D eigenvalue weighted by molar-refractivity contribution is -0.132. The fourth-order valence-electron chi connectivity index (χ4n) is 3.02. The predicted octanol–water partition coefficient (Wildman–Crippen LogP) is 0.725. The molecule has 1 aliphatic carbocycles. The third kappa shape index (κ3) is 4.51. The third-order valence-corrected chi connectivity index (χ3v) is 5.27. The van der Waals surface area contributed by atoms with Crippen LogP contribution in [-0.2, 0) is 4.79 Å². The van der Waals surface area contributed by atoms with E-state index in [2.05, 4.69) is 10.6 Å². The maximum atomic E-state index is 12.3. The second-order valence-electron chi connectivity index (χ2n) is 5.78. The van der Waals surface area contributed by atoms with Gasteiger partial charge in [-0.1, -0.05) is 0 Å². The Morgan fingerprint density at radius 3 is 2.62 bits per heavy atom. The number of hydrogen-bond donors (Lipinski definition) is 3. The lowest BCUT2D eigenvalue weighted by atomic mass is 9.81. The molecular formula is C14H26N4O2S. The number of hydrogen-bond acceptors (Lipinski definition) is 4. The monoisotopic (exact) mass is 314 g/mol. The number of rotatable bonds is 4. The summed E-state index contributed by atoms with van der Waals surface area (Å²) in [6.45, 7) is 3.36. The molecule has 6 nitrogen and oxygen atoms in total. The molecule has 0 aromatic heterocycles. The highest BCUT2D eigenvalue weighted by atomic mass is 32.2. The van der Waals surface area contributed by atoms with Crippen LogP contribution in [0.15, 0.2) is 0 Å². The van der Waals surface area contributed by atoms with Gasteiger partial charge >= 0.3 is 6.03 Å². The minimum absolute atomic E-state index is 0.0973. The molecule has 3 amide bonds. The minimum atomic E-state index is -0.380. The third-order valence-electron chi connectivity index (χ3n) is 4.30. The standard InChI is InChI=1S/C14H26N4O2S/c1-2-16-14(20)17-11-5-3-10(4-6-11)12(15)13(19)18-7-8-21-9-18/h10-12H,2-9,15H2,1H3,(H2,16,17,20). The second kappa shape index (κ2) is 7.89. The van der Waals surface area contributed by atoms with Crippen molar-refractivity contribution in [2.45, 2.75) is 44.7 Å². The van der Waals surface area contributed by atoms with Gasteiger partial charge in [0.05, 0.1) is 11.9 Å². The number of thioether (sulfide) groups is 1. The summed E-state index contributed by atoms with van der Waals surface area (Å²) in [5.74, 6) is 2.14. The molecule has 7 heteroatoms. The van der Waals surface area contributed by atoms with Crippen LogP contribution in [0.1, 0.15) is 32.6 Å². The molecule has 0 radical (unpaired) electrons. The summed E-state index contributed by atoms with van der Waals surface area (Å²) >= 11 is 1.78. The van der Waals surface area contributed by atoms with Gasteiger partial charge in [0.15, 0.2) is 0 Å². The largest absolute Gasteiger partial charge is 0.338 e. The van der Waals surface area contributed by atoms with E-state index in [0.29, 0.717) is 6.54 Å². The molecule has 2 rings (SSSR count). The van der Waals surface area contributed by atoms with Crippen LogP contribution < -0.4 is 16.4 Å².